The van der Waals surface area contributed by atoms with E-state index in [0.29, 0.717) is 5.92 Å². The third-order valence-corrected chi connectivity index (χ3v) is 3.79. The molecule has 2 aromatic rings. The van der Waals surface area contributed by atoms with Crippen molar-refractivity contribution in [1.82, 2.24) is 10.3 Å². The third-order valence-electron chi connectivity index (χ3n) is 2.83. The lowest BCUT2D eigenvalue weighted by Gasteiger charge is -2.15. The monoisotopic (exact) mass is 275 g/mol. The number of aromatic nitrogens is 1. The highest BCUT2D eigenvalue weighted by molar-refractivity contribution is 7.13. The molecule has 0 saturated carbocycles. The van der Waals surface area contributed by atoms with Crippen LogP contribution in [0.3, 0.4) is 0 Å². The zero-order valence-electron chi connectivity index (χ0n) is 11.8. The molecule has 0 unspecified atom stereocenters. The fraction of sp³-hybridized carbons (Fsp3) is 0.400. The van der Waals surface area contributed by atoms with Crippen LogP contribution >= 0.6 is 11.3 Å². The molecule has 19 heavy (non-hydrogen) atoms. The van der Waals surface area contributed by atoms with Gasteiger partial charge >= 0.3 is 0 Å². The van der Waals surface area contributed by atoms with E-state index in [-0.39, 0.29) is 0 Å². The molecule has 1 aromatic heterocycles. The molecule has 0 atom stereocenters. The summed E-state index contributed by atoms with van der Waals surface area (Å²) in [7, 11) is 2.06. The van der Waals surface area contributed by atoms with Gasteiger partial charge in [0.1, 0.15) is 0 Å². The average molecular weight is 275 g/mol. The fourth-order valence-corrected chi connectivity index (χ4v) is 2.59. The number of nitrogens with zero attached hydrogens (tertiary/aromatic N) is 2. The molecule has 0 aliphatic heterocycles. The standard InChI is InChI=1S/C15H21N3S/c1-12(2)9-16-10-13-11-19-15(17-13)18(3)14-7-5-4-6-8-14/h4-8,11-12,16H,9-10H2,1-3H3. The van der Waals surface area contributed by atoms with Crippen molar-refractivity contribution in [1.29, 1.82) is 0 Å². The molecule has 1 heterocycles. The number of hydrogen-bond donors (Lipinski definition) is 1. The second-order valence-corrected chi connectivity index (χ2v) is 5.88. The summed E-state index contributed by atoms with van der Waals surface area (Å²) < 4.78 is 0. The van der Waals surface area contributed by atoms with E-state index >= 15 is 0 Å². The summed E-state index contributed by atoms with van der Waals surface area (Å²) in [4.78, 5) is 6.79. The molecule has 0 aliphatic rings. The van der Waals surface area contributed by atoms with Gasteiger partial charge in [-0.3, -0.25) is 0 Å². The first-order valence-electron chi connectivity index (χ1n) is 6.60. The van der Waals surface area contributed by atoms with Crippen molar-refractivity contribution < 1.29 is 0 Å². The Labute approximate surface area is 119 Å². The molecule has 2 rings (SSSR count). The molecular formula is C15H21N3S. The topological polar surface area (TPSA) is 28.2 Å². The quantitative estimate of drug-likeness (QED) is 0.872. The Morgan fingerprint density at radius 2 is 2.00 bits per heavy atom. The van der Waals surface area contributed by atoms with Crippen molar-refractivity contribution in [2.24, 2.45) is 5.92 Å². The number of nitrogens with one attached hydrogen (secondary N) is 1. The second kappa shape index (κ2) is 6.68. The van der Waals surface area contributed by atoms with E-state index < -0.39 is 0 Å². The number of benzene rings is 1. The summed E-state index contributed by atoms with van der Waals surface area (Å²) in [5.41, 5.74) is 2.28. The summed E-state index contributed by atoms with van der Waals surface area (Å²) in [6, 6.07) is 10.3. The number of thiazole rings is 1. The molecule has 0 saturated heterocycles. The van der Waals surface area contributed by atoms with E-state index in [0.717, 1.165) is 23.9 Å². The van der Waals surface area contributed by atoms with Gasteiger partial charge in [-0.1, -0.05) is 32.0 Å². The van der Waals surface area contributed by atoms with Crippen LogP contribution in [0.5, 0.6) is 0 Å². The Morgan fingerprint density at radius 3 is 2.68 bits per heavy atom. The zero-order chi connectivity index (χ0) is 13.7. The van der Waals surface area contributed by atoms with Crippen LogP contribution in [0.15, 0.2) is 35.7 Å². The molecule has 3 nitrogen and oxygen atoms in total. The maximum absolute atomic E-state index is 4.67. The summed E-state index contributed by atoms with van der Waals surface area (Å²) >= 11 is 1.69. The van der Waals surface area contributed by atoms with Crippen LogP contribution in [0, 0.1) is 5.92 Å². The number of rotatable bonds is 6. The van der Waals surface area contributed by atoms with E-state index in [2.05, 4.69) is 53.6 Å². The predicted molar refractivity (Wildman–Crippen MR) is 83.2 cm³/mol. The first kappa shape index (κ1) is 14.0. The van der Waals surface area contributed by atoms with Crippen LogP contribution < -0.4 is 10.2 Å². The van der Waals surface area contributed by atoms with Crippen molar-refractivity contribution in [2.75, 3.05) is 18.5 Å². The SMILES string of the molecule is CC(C)CNCc1csc(N(C)c2ccccc2)n1. The third kappa shape index (κ3) is 4.04. The van der Waals surface area contributed by atoms with E-state index in [9.17, 15) is 0 Å². The number of para-hydroxylation sites is 1. The van der Waals surface area contributed by atoms with Gasteiger partial charge in [-0.25, -0.2) is 4.98 Å². The Kier molecular flexibility index (Phi) is 4.93. The number of hydrogen-bond acceptors (Lipinski definition) is 4. The molecule has 4 heteroatoms. The molecule has 0 bridgehead atoms. The van der Waals surface area contributed by atoms with Crippen molar-refractivity contribution >= 4 is 22.2 Å². The molecule has 1 N–H and O–H groups in total. The highest BCUT2D eigenvalue weighted by Crippen LogP contribution is 2.26. The van der Waals surface area contributed by atoms with Gasteiger partial charge < -0.3 is 10.2 Å². The lowest BCUT2D eigenvalue weighted by molar-refractivity contribution is 0.549. The van der Waals surface area contributed by atoms with Gasteiger partial charge in [-0.15, -0.1) is 11.3 Å². The van der Waals surface area contributed by atoms with Crippen molar-refractivity contribution in [2.45, 2.75) is 20.4 Å². The van der Waals surface area contributed by atoms with E-state index in [1.54, 1.807) is 11.3 Å². The van der Waals surface area contributed by atoms with Crippen LogP contribution in [0.25, 0.3) is 0 Å². The summed E-state index contributed by atoms with van der Waals surface area (Å²) in [6.07, 6.45) is 0. The Bertz CT molecular complexity index is 493. The lowest BCUT2D eigenvalue weighted by atomic mass is 10.2. The smallest absolute Gasteiger partial charge is 0.189 e. The van der Waals surface area contributed by atoms with E-state index in [4.69, 9.17) is 0 Å². The minimum Gasteiger partial charge on any atom is -0.321 e. The number of anilines is 2. The van der Waals surface area contributed by atoms with Gasteiger partial charge in [-0.2, -0.15) is 0 Å². The highest BCUT2D eigenvalue weighted by Gasteiger charge is 2.08. The van der Waals surface area contributed by atoms with Crippen molar-refractivity contribution in [3.8, 4) is 0 Å². The van der Waals surface area contributed by atoms with Gasteiger partial charge in [0.15, 0.2) is 5.13 Å². The van der Waals surface area contributed by atoms with Crippen LogP contribution in [0.4, 0.5) is 10.8 Å². The second-order valence-electron chi connectivity index (χ2n) is 5.04. The van der Waals surface area contributed by atoms with Crippen molar-refractivity contribution in [3.05, 3.63) is 41.4 Å². The highest BCUT2D eigenvalue weighted by atomic mass is 32.1. The Hall–Kier alpha value is -1.39. The van der Waals surface area contributed by atoms with Crippen LogP contribution in [0.2, 0.25) is 0 Å². The normalized spacial score (nSPS) is 10.9. The van der Waals surface area contributed by atoms with E-state index in [1.807, 2.05) is 18.2 Å². The lowest BCUT2D eigenvalue weighted by Crippen LogP contribution is -2.19. The molecule has 0 fully saturated rings. The first-order valence-corrected chi connectivity index (χ1v) is 7.48. The average Bonchev–Trinajstić information content (AvgIpc) is 2.87. The molecule has 0 amide bonds. The van der Waals surface area contributed by atoms with Gasteiger partial charge in [0.05, 0.1) is 5.69 Å². The van der Waals surface area contributed by atoms with Crippen LogP contribution in [0.1, 0.15) is 19.5 Å². The van der Waals surface area contributed by atoms with Crippen LogP contribution in [-0.4, -0.2) is 18.6 Å². The van der Waals surface area contributed by atoms with Crippen LogP contribution in [-0.2, 0) is 6.54 Å². The minimum absolute atomic E-state index is 0.671. The Morgan fingerprint density at radius 1 is 1.26 bits per heavy atom. The molecule has 0 aliphatic carbocycles. The minimum atomic E-state index is 0.671. The largest absolute Gasteiger partial charge is 0.321 e. The molecule has 102 valence electrons. The summed E-state index contributed by atoms with van der Waals surface area (Å²) in [5.74, 6) is 0.671. The van der Waals surface area contributed by atoms with Gasteiger partial charge in [0.25, 0.3) is 0 Å². The predicted octanol–water partition coefficient (Wildman–Crippen LogP) is 3.66. The van der Waals surface area contributed by atoms with Crippen molar-refractivity contribution in [3.63, 3.8) is 0 Å². The molecule has 0 radical (unpaired) electrons. The fourth-order valence-electron chi connectivity index (χ4n) is 1.78. The molecule has 0 spiro atoms. The summed E-state index contributed by atoms with van der Waals surface area (Å²) in [6.45, 7) is 6.30. The Balaban J connectivity index is 1.97. The summed E-state index contributed by atoms with van der Waals surface area (Å²) in [5, 5.41) is 6.58. The first-order chi connectivity index (χ1) is 9.16. The zero-order valence-corrected chi connectivity index (χ0v) is 12.6. The molecule has 1 aromatic carbocycles. The maximum atomic E-state index is 4.67. The van der Waals surface area contributed by atoms with Gasteiger partial charge in [0, 0.05) is 24.7 Å². The molecular weight excluding hydrogens is 254 g/mol. The van der Waals surface area contributed by atoms with E-state index in [1.165, 1.54) is 5.69 Å². The van der Waals surface area contributed by atoms with Gasteiger partial charge in [0.2, 0.25) is 0 Å². The van der Waals surface area contributed by atoms with Gasteiger partial charge in [-0.05, 0) is 24.6 Å². The maximum Gasteiger partial charge on any atom is 0.189 e.